The highest BCUT2D eigenvalue weighted by molar-refractivity contribution is 5.93. The minimum atomic E-state index is -1.13. The number of aliphatic carboxylic acids is 1. The Labute approximate surface area is 116 Å². The van der Waals surface area contributed by atoms with Crippen molar-refractivity contribution in [2.24, 2.45) is 0 Å². The van der Waals surface area contributed by atoms with Gasteiger partial charge in [-0.1, -0.05) is 30.3 Å². The summed E-state index contributed by atoms with van der Waals surface area (Å²) in [7, 11) is 0. The van der Waals surface area contributed by atoms with Crippen LogP contribution in [-0.4, -0.2) is 22.0 Å². The van der Waals surface area contributed by atoms with Crippen LogP contribution in [0, 0.1) is 0 Å². The highest BCUT2D eigenvalue weighted by Crippen LogP contribution is 2.16. The fourth-order valence-corrected chi connectivity index (χ4v) is 1.73. The number of rotatable bonds is 5. The predicted octanol–water partition coefficient (Wildman–Crippen LogP) is 1.84. The maximum atomic E-state index is 11.2. The number of nitrogens with zero attached hydrogens (tertiary/aromatic N) is 1. The summed E-state index contributed by atoms with van der Waals surface area (Å²) >= 11 is 0. The van der Waals surface area contributed by atoms with Gasteiger partial charge in [0.2, 0.25) is 5.91 Å². The molecule has 0 saturated heterocycles. The third kappa shape index (κ3) is 3.91. The van der Waals surface area contributed by atoms with Gasteiger partial charge in [-0.05, 0) is 17.7 Å². The van der Waals surface area contributed by atoms with Gasteiger partial charge in [-0.15, -0.1) is 0 Å². The molecule has 1 amide bonds. The minimum Gasteiger partial charge on any atom is -0.481 e. The van der Waals surface area contributed by atoms with Gasteiger partial charge in [0.05, 0.1) is 5.69 Å². The van der Waals surface area contributed by atoms with Gasteiger partial charge >= 0.3 is 5.97 Å². The number of carboxylic acids is 1. The number of carboxylic acid groups (broad SMARTS) is 1. The summed E-state index contributed by atoms with van der Waals surface area (Å²) in [5, 5.41) is 11.0. The fourth-order valence-electron chi connectivity index (χ4n) is 1.73. The van der Waals surface area contributed by atoms with Gasteiger partial charge in [0.15, 0.2) is 0 Å². The standard InChI is InChI=1S/C15H14N2O3/c18-14(9-15(19)20)17-10-11-4-6-12(7-5-11)13-3-1-2-8-16-13/h1-8H,9-10H2,(H,17,18)(H,19,20). The van der Waals surface area contributed by atoms with E-state index in [1.54, 1.807) is 6.20 Å². The van der Waals surface area contributed by atoms with Gasteiger partial charge in [-0.25, -0.2) is 0 Å². The second-order valence-electron chi connectivity index (χ2n) is 4.26. The van der Waals surface area contributed by atoms with Gasteiger partial charge in [-0.3, -0.25) is 14.6 Å². The van der Waals surface area contributed by atoms with E-state index in [2.05, 4.69) is 10.3 Å². The van der Waals surface area contributed by atoms with Crippen LogP contribution in [0.25, 0.3) is 11.3 Å². The zero-order valence-corrected chi connectivity index (χ0v) is 10.7. The van der Waals surface area contributed by atoms with Crippen LogP contribution < -0.4 is 5.32 Å². The summed E-state index contributed by atoms with van der Waals surface area (Å²) in [5.74, 6) is -1.63. The Hall–Kier alpha value is -2.69. The molecule has 5 nitrogen and oxygen atoms in total. The SMILES string of the molecule is O=C(O)CC(=O)NCc1ccc(-c2ccccn2)cc1. The van der Waals surface area contributed by atoms with E-state index < -0.39 is 18.3 Å². The van der Waals surface area contributed by atoms with Crippen LogP contribution in [0.1, 0.15) is 12.0 Å². The molecule has 1 heterocycles. The summed E-state index contributed by atoms with van der Waals surface area (Å²) in [4.78, 5) is 25.8. The number of amides is 1. The van der Waals surface area contributed by atoms with Crippen LogP contribution in [0.2, 0.25) is 0 Å². The molecule has 2 aromatic rings. The first-order chi connectivity index (χ1) is 9.65. The molecular formula is C15H14N2O3. The van der Waals surface area contributed by atoms with Crippen molar-refractivity contribution >= 4 is 11.9 Å². The molecule has 2 N–H and O–H groups in total. The molecule has 102 valence electrons. The van der Waals surface area contributed by atoms with Crippen molar-refractivity contribution in [3.63, 3.8) is 0 Å². The largest absolute Gasteiger partial charge is 0.481 e. The number of carbonyl (C=O) groups excluding carboxylic acids is 1. The second-order valence-corrected chi connectivity index (χ2v) is 4.26. The van der Waals surface area contributed by atoms with E-state index >= 15 is 0 Å². The summed E-state index contributed by atoms with van der Waals surface area (Å²) in [6.07, 6.45) is 1.22. The molecular weight excluding hydrogens is 256 g/mol. The van der Waals surface area contributed by atoms with Gasteiger partial charge < -0.3 is 10.4 Å². The lowest BCUT2D eigenvalue weighted by Gasteiger charge is -2.05. The minimum absolute atomic E-state index is 0.314. The molecule has 0 spiro atoms. The Balaban J connectivity index is 1.95. The normalized spacial score (nSPS) is 10.0. The Morgan fingerprint density at radius 3 is 2.45 bits per heavy atom. The van der Waals surface area contributed by atoms with E-state index in [-0.39, 0.29) is 0 Å². The molecule has 0 saturated carbocycles. The molecule has 0 aliphatic heterocycles. The van der Waals surface area contributed by atoms with Crippen molar-refractivity contribution in [3.8, 4) is 11.3 Å². The topological polar surface area (TPSA) is 79.3 Å². The van der Waals surface area contributed by atoms with Crippen LogP contribution in [0.4, 0.5) is 0 Å². The van der Waals surface area contributed by atoms with Crippen LogP contribution in [0.15, 0.2) is 48.7 Å². The van der Waals surface area contributed by atoms with Crippen molar-refractivity contribution in [2.45, 2.75) is 13.0 Å². The summed E-state index contributed by atoms with van der Waals surface area (Å²) in [6.45, 7) is 0.314. The van der Waals surface area contributed by atoms with E-state index in [1.165, 1.54) is 0 Å². The maximum Gasteiger partial charge on any atom is 0.312 e. The highest BCUT2D eigenvalue weighted by atomic mass is 16.4. The highest BCUT2D eigenvalue weighted by Gasteiger charge is 2.06. The first-order valence-corrected chi connectivity index (χ1v) is 6.14. The molecule has 0 radical (unpaired) electrons. The lowest BCUT2D eigenvalue weighted by Crippen LogP contribution is -2.24. The Morgan fingerprint density at radius 2 is 1.85 bits per heavy atom. The average Bonchev–Trinajstić information content (AvgIpc) is 2.46. The van der Waals surface area contributed by atoms with Crippen LogP contribution in [-0.2, 0) is 16.1 Å². The third-order valence-corrected chi connectivity index (χ3v) is 2.72. The van der Waals surface area contributed by atoms with Crippen molar-refractivity contribution in [1.29, 1.82) is 0 Å². The van der Waals surface area contributed by atoms with E-state index in [4.69, 9.17) is 5.11 Å². The summed E-state index contributed by atoms with van der Waals surface area (Å²) in [6, 6.07) is 13.3. The average molecular weight is 270 g/mol. The maximum absolute atomic E-state index is 11.2. The van der Waals surface area contributed by atoms with Crippen LogP contribution >= 0.6 is 0 Å². The number of carbonyl (C=O) groups is 2. The van der Waals surface area contributed by atoms with Crippen molar-refractivity contribution < 1.29 is 14.7 Å². The molecule has 0 atom stereocenters. The van der Waals surface area contributed by atoms with Crippen molar-refractivity contribution in [3.05, 3.63) is 54.2 Å². The lowest BCUT2D eigenvalue weighted by atomic mass is 10.1. The van der Waals surface area contributed by atoms with Crippen LogP contribution in [0.3, 0.4) is 0 Å². The predicted molar refractivity (Wildman–Crippen MR) is 73.8 cm³/mol. The Kier molecular flexibility index (Phi) is 4.44. The van der Waals surface area contributed by atoms with Crippen molar-refractivity contribution in [1.82, 2.24) is 10.3 Å². The lowest BCUT2D eigenvalue weighted by molar-refractivity contribution is -0.140. The monoisotopic (exact) mass is 270 g/mol. The molecule has 0 aliphatic carbocycles. The summed E-state index contributed by atoms with van der Waals surface area (Å²) < 4.78 is 0. The zero-order chi connectivity index (χ0) is 14.4. The molecule has 0 bridgehead atoms. The quantitative estimate of drug-likeness (QED) is 0.812. The van der Waals surface area contributed by atoms with E-state index in [0.717, 1.165) is 16.8 Å². The second kappa shape index (κ2) is 6.47. The number of hydrogen-bond donors (Lipinski definition) is 2. The molecule has 0 unspecified atom stereocenters. The molecule has 1 aromatic carbocycles. The smallest absolute Gasteiger partial charge is 0.312 e. The third-order valence-electron chi connectivity index (χ3n) is 2.72. The molecule has 0 aliphatic rings. The van der Waals surface area contributed by atoms with Gasteiger partial charge in [0.25, 0.3) is 0 Å². The van der Waals surface area contributed by atoms with Gasteiger partial charge in [0, 0.05) is 18.3 Å². The van der Waals surface area contributed by atoms with E-state index in [1.807, 2.05) is 42.5 Å². The zero-order valence-electron chi connectivity index (χ0n) is 10.7. The van der Waals surface area contributed by atoms with E-state index in [9.17, 15) is 9.59 Å². The first kappa shape index (κ1) is 13.7. The molecule has 0 fully saturated rings. The Bertz CT molecular complexity index is 594. The van der Waals surface area contributed by atoms with E-state index in [0.29, 0.717) is 6.54 Å². The van der Waals surface area contributed by atoms with Gasteiger partial charge in [-0.2, -0.15) is 0 Å². The molecule has 20 heavy (non-hydrogen) atoms. The van der Waals surface area contributed by atoms with Crippen LogP contribution in [0.5, 0.6) is 0 Å². The van der Waals surface area contributed by atoms with Crippen molar-refractivity contribution in [2.75, 3.05) is 0 Å². The molecule has 1 aromatic heterocycles. The number of pyridine rings is 1. The summed E-state index contributed by atoms with van der Waals surface area (Å²) in [5.41, 5.74) is 2.78. The number of nitrogens with one attached hydrogen (secondary N) is 1. The van der Waals surface area contributed by atoms with Gasteiger partial charge in [0.1, 0.15) is 6.42 Å². The molecule has 5 heteroatoms. The first-order valence-electron chi connectivity index (χ1n) is 6.14. The number of benzene rings is 1. The Morgan fingerprint density at radius 1 is 1.10 bits per heavy atom. The molecule has 2 rings (SSSR count). The number of aromatic nitrogens is 1. The fraction of sp³-hybridized carbons (Fsp3) is 0.133. The number of hydrogen-bond acceptors (Lipinski definition) is 3.